The van der Waals surface area contributed by atoms with Gasteiger partial charge in [0.25, 0.3) is 5.56 Å². The quantitative estimate of drug-likeness (QED) is 0.710. The lowest BCUT2D eigenvalue weighted by atomic mass is 10.1. The predicted octanol–water partition coefficient (Wildman–Crippen LogP) is 4.79. The zero-order chi connectivity index (χ0) is 19.6. The number of rotatable bonds is 5. The molecule has 0 aliphatic heterocycles. The second-order valence-corrected chi connectivity index (χ2v) is 7.23. The van der Waals surface area contributed by atoms with Gasteiger partial charge in [-0.1, -0.05) is 30.7 Å². The number of fused-ring (bicyclic) bond motifs is 1. The van der Waals surface area contributed by atoms with E-state index in [-0.39, 0.29) is 18.0 Å². The molecule has 0 saturated carbocycles. The van der Waals surface area contributed by atoms with Crippen LogP contribution in [0.1, 0.15) is 42.0 Å². The molecule has 3 rings (SSSR count). The first kappa shape index (κ1) is 18.9. The lowest BCUT2D eigenvalue weighted by molar-refractivity contribution is -0.118. The van der Waals surface area contributed by atoms with Crippen LogP contribution in [0, 0.1) is 20.8 Å². The number of H-pyrrole nitrogens is 1. The van der Waals surface area contributed by atoms with Gasteiger partial charge in [0.1, 0.15) is 0 Å². The number of hydrogen-bond acceptors (Lipinski definition) is 2. The van der Waals surface area contributed by atoms with E-state index < -0.39 is 0 Å². The summed E-state index contributed by atoms with van der Waals surface area (Å²) in [4.78, 5) is 30.2. The summed E-state index contributed by atoms with van der Waals surface area (Å²) in [6.45, 7) is 8.29. The molecule has 4 nitrogen and oxygen atoms in total. The molecule has 0 fully saturated rings. The first-order valence-corrected chi connectivity index (χ1v) is 9.39. The summed E-state index contributed by atoms with van der Waals surface area (Å²) >= 11 is 0. The molecule has 4 heteroatoms. The van der Waals surface area contributed by atoms with E-state index in [1.165, 1.54) is 0 Å². The molecule has 0 bridgehead atoms. The number of aromatic amines is 1. The average molecular weight is 362 g/mol. The minimum Gasteiger partial charge on any atom is -0.322 e. The highest BCUT2D eigenvalue weighted by Crippen LogP contribution is 2.25. The van der Waals surface area contributed by atoms with Crippen molar-refractivity contribution in [3.05, 3.63) is 75.1 Å². The van der Waals surface area contributed by atoms with Crippen LogP contribution in [0.5, 0.6) is 0 Å². The molecule has 1 N–H and O–H groups in total. The molecule has 0 spiro atoms. The molecule has 140 valence electrons. The van der Waals surface area contributed by atoms with Gasteiger partial charge >= 0.3 is 0 Å². The van der Waals surface area contributed by atoms with Crippen molar-refractivity contribution >= 4 is 22.5 Å². The first-order valence-electron chi connectivity index (χ1n) is 9.39. The summed E-state index contributed by atoms with van der Waals surface area (Å²) in [5.41, 5.74) is 5.38. The fraction of sp³-hybridized carbons (Fsp3) is 0.304. The third kappa shape index (κ3) is 4.11. The van der Waals surface area contributed by atoms with Crippen molar-refractivity contribution in [2.24, 2.45) is 0 Å². The van der Waals surface area contributed by atoms with Crippen LogP contribution in [0.3, 0.4) is 0 Å². The lowest BCUT2D eigenvalue weighted by Crippen LogP contribution is -2.33. The Labute approximate surface area is 159 Å². The van der Waals surface area contributed by atoms with Gasteiger partial charge in [-0.05, 0) is 68.0 Å². The number of hydrogen-bond donors (Lipinski definition) is 1. The van der Waals surface area contributed by atoms with Gasteiger partial charge in [-0.3, -0.25) is 9.59 Å². The maximum absolute atomic E-state index is 12.9. The minimum atomic E-state index is -0.147. The molecule has 27 heavy (non-hydrogen) atoms. The molecule has 0 radical (unpaired) electrons. The summed E-state index contributed by atoms with van der Waals surface area (Å²) < 4.78 is 0. The maximum Gasteiger partial charge on any atom is 0.253 e. The third-order valence-corrected chi connectivity index (χ3v) is 4.83. The molecular formula is C23H26N2O2. The highest BCUT2D eigenvalue weighted by Gasteiger charge is 2.19. The summed E-state index contributed by atoms with van der Waals surface area (Å²) in [7, 11) is 0. The van der Waals surface area contributed by atoms with Gasteiger partial charge < -0.3 is 9.88 Å². The van der Waals surface area contributed by atoms with Crippen LogP contribution in [0.15, 0.2) is 47.3 Å². The van der Waals surface area contributed by atoms with Crippen molar-refractivity contribution in [3.63, 3.8) is 0 Å². The Morgan fingerprint density at radius 1 is 1.00 bits per heavy atom. The second-order valence-electron chi connectivity index (χ2n) is 7.23. The molecular weight excluding hydrogens is 336 g/mol. The average Bonchev–Trinajstić information content (AvgIpc) is 2.62. The monoisotopic (exact) mass is 362 g/mol. The summed E-state index contributed by atoms with van der Waals surface area (Å²) in [5, 5.41) is 0.980. The van der Waals surface area contributed by atoms with Crippen molar-refractivity contribution in [2.45, 2.75) is 47.1 Å². The summed E-state index contributed by atoms with van der Waals surface area (Å²) in [5.74, 6) is 0.0370. The zero-order valence-electron chi connectivity index (χ0n) is 16.4. The topological polar surface area (TPSA) is 53.2 Å². The van der Waals surface area contributed by atoms with Crippen LogP contribution in [0.2, 0.25) is 0 Å². The molecule has 3 aromatic rings. The normalized spacial score (nSPS) is 11.0. The Morgan fingerprint density at radius 2 is 1.70 bits per heavy atom. The summed E-state index contributed by atoms with van der Waals surface area (Å²) in [6, 6.07) is 13.9. The van der Waals surface area contributed by atoms with E-state index in [0.717, 1.165) is 39.7 Å². The van der Waals surface area contributed by atoms with E-state index >= 15 is 0 Å². The van der Waals surface area contributed by atoms with E-state index in [0.29, 0.717) is 12.0 Å². The number of carbonyl (C=O) groups excluding carboxylic acids is 1. The Kier molecular flexibility index (Phi) is 5.45. The van der Waals surface area contributed by atoms with Gasteiger partial charge in [0.05, 0.1) is 6.54 Å². The number of aromatic nitrogens is 1. The van der Waals surface area contributed by atoms with Crippen LogP contribution >= 0.6 is 0 Å². The molecule has 2 aromatic carbocycles. The van der Waals surface area contributed by atoms with Crippen LogP contribution in [-0.2, 0) is 11.3 Å². The predicted molar refractivity (Wildman–Crippen MR) is 111 cm³/mol. The van der Waals surface area contributed by atoms with Crippen molar-refractivity contribution in [3.8, 4) is 0 Å². The van der Waals surface area contributed by atoms with E-state index in [9.17, 15) is 9.59 Å². The van der Waals surface area contributed by atoms with Gasteiger partial charge in [0, 0.05) is 23.2 Å². The van der Waals surface area contributed by atoms with Gasteiger partial charge in [0.15, 0.2) is 0 Å². The van der Waals surface area contributed by atoms with Gasteiger partial charge in [-0.2, -0.15) is 0 Å². The number of pyridine rings is 1. The number of aryl methyl sites for hydroxylation is 3. The number of amides is 1. The van der Waals surface area contributed by atoms with E-state index in [1.54, 1.807) is 4.90 Å². The first-order chi connectivity index (χ1) is 12.9. The largest absolute Gasteiger partial charge is 0.322 e. The molecule has 0 saturated heterocycles. The van der Waals surface area contributed by atoms with Crippen LogP contribution < -0.4 is 10.5 Å². The Morgan fingerprint density at radius 3 is 2.44 bits per heavy atom. The van der Waals surface area contributed by atoms with Crippen molar-refractivity contribution in [2.75, 3.05) is 4.90 Å². The van der Waals surface area contributed by atoms with E-state index in [4.69, 9.17) is 0 Å². The van der Waals surface area contributed by atoms with Crippen LogP contribution in [-0.4, -0.2) is 10.9 Å². The van der Waals surface area contributed by atoms with Crippen molar-refractivity contribution < 1.29 is 4.79 Å². The smallest absolute Gasteiger partial charge is 0.253 e. The number of nitrogens with one attached hydrogen (secondary N) is 1. The highest BCUT2D eigenvalue weighted by atomic mass is 16.2. The highest BCUT2D eigenvalue weighted by molar-refractivity contribution is 5.94. The van der Waals surface area contributed by atoms with Gasteiger partial charge in [-0.25, -0.2) is 0 Å². The fourth-order valence-electron chi connectivity index (χ4n) is 3.33. The van der Waals surface area contributed by atoms with E-state index in [2.05, 4.69) is 4.98 Å². The Bertz CT molecular complexity index is 1050. The SMILES string of the molecule is CCCC(=O)N(Cc1cc2cc(C)ccc2[nH]c1=O)c1cc(C)ccc1C. The van der Waals surface area contributed by atoms with Crippen molar-refractivity contribution in [1.29, 1.82) is 0 Å². The molecule has 0 atom stereocenters. The molecule has 0 unspecified atom stereocenters. The number of anilines is 1. The standard InChI is InChI=1S/C23H26N2O2/c1-5-6-22(26)25(21-12-16(3)7-9-17(21)4)14-19-13-18-11-15(2)8-10-20(18)24-23(19)27/h7-13H,5-6,14H2,1-4H3,(H,24,27). The Balaban J connectivity index is 2.07. The molecule has 0 aliphatic carbocycles. The zero-order valence-corrected chi connectivity index (χ0v) is 16.4. The molecule has 1 heterocycles. The number of carbonyl (C=O) groups is 1. The summed E-state index contributed by atoms with van der Waals surface area (Å²) in [6.07, 6.45) is 1.23. The molecule has 1 aromatic heterocycles. The van der Waals surface area contributed by atoms with Crippen molar-refractivity contribution in [1.82, 2.24) is 4.98 Å². The number of benzene rings is 2. The number of nitrogens with zero attached hydrogens (tertiary/aromatic N) is 1. The maximum atomic E-state index is 12.9. The molecule has 1 amide bonds. The van der Waals surface area contributed by atoms with Crippen LogP contribution in [0.4, 0.5) is 5.69 Å². The second kappa shape index (κ2) is 7.78. The molecule has 0 aliphatic rings. The fourth-order valence-corrected chi connectivity index (χ4v) is 3.33. The van der Waals surface area contributed by atoms with E-state index in [1.807, 2.05) is 70.2 Å². The van der Waals surface area contributed by atoms with Gasteiger partial charge in [-0.15, -0.1) is 0 Å². The lowest BCUT2D eigenvalue weighted by Gasteiger charge is -2.25. The minimum absolute atomic E-state index is 0.0370. The third-order valence-electron chi connectivity index (χ3n) is 4.83. The van der Waals surface area contributed by atoms with Gasteiger partial charge in [0.2, 0.25) is 5.91 Å². The van der Waals surface area contributed by atoms with Crippen LogP contribution in [0.25, 0.3) is 10.9 Å². The Hall–Kier alpha value is -2.88.